The predicted octanol–water partition coefficient (Wildman–Crippen LogP) is 2.90. The van der Waals surface area contributed by atoms with Crippen molar-refractivity contribution in [3.8, 4) is 0 Å². The van der Waals surface area contributed by atoms with E-state index in [0.29, 0.717) is 12.5 Å². The van der Waals surface area contributed by atoms with Crippen LogP contribution in [-0.2, 0) is 0 Å². The number of carbonyl (C=O) groups excluding carboxylic acids is 1. The molecule has 0 bridgehead atoms. The molecule has 0 N–H and O–H groups in total. The summed E-state index contributed by atoms with van der Waals surface area (Å²) in [4.78, 5) is 17.1. The van der Waals surface area contributed by atoms with Gasteiger partial charge < -0.3 is 9.80 Å². The third kappa shape index (κ3) is 4.65. The van der Waals surface area contributed by atoms with E-state index in [0.717, 1.165) is 12.1 Å². The standard InChI is InChI=1S/C18H28N2O/c1-14-11-15(2)13-16(12-14)18(21)7-10-20(4)17-5-8-19(3)9-6-17/h11-13,17H,5-10H2,1-4H3. The van der Waals surface area contributed by atoms with Gasteiger partial charge in [-0.05, 0) is 66.0 Å². The molecule has 0 spiro atoms. The van der Waals surface area contributed by atoms with Crippen molar-refractivity contribution < 1.29 is 4.79 Å². The average Bonchev–Trinajstić information content (AvgIpc) is 2.44. The molecule has 0 aromatic heterocycles. The van der Waals surface area contributed by atoms with Crippen LogP contribution < -0.4 is 0 Å². The Morgan fingerprint density at radius 1 is 1.19 bits per heavy atom. The lowest BCUT2D eigenvalue weighted by molar-refractivity contribution is 0.0939. The minimum atomic E-state index is 0.265. The average molecular weight is 288 g/mol. The van der Waals surface area contributed by atoms with Gasteiger partial charge in [-0.2, -0.15) is 0 Å². The topological polar surface area (TPSA) is 23.6 Å². The van der Waals surface area contributed by atoms with E-state index in [1.54, 1.807) is 0 Å². The summed E-state index contributed by atoms with van der Waals surface area (Å²) >= 11 is 0. The van der Waals surface area contributed by atoms with E-state index in [1.807, 2.05) is 12.1 Å². The van der Waals surface area contributed by atoms with E-state index in [9.17, 15) is 4.79 Å². The van der Waals surface area contributed by atoms with Crippen LogP contribution >= 0.6 is 0 Å². The van der Waals surface area contributed by atoms with Crippen LogP contribution in [0.5, 0.6) is 0 Å². The second-order valence-corrected chi connectivity index (χ2v) is 6.56. The van der Waals surface area contributed by atoms with Crippen LogP contribution in [0.15, 0.2) is 18.2 Å². The van der Waals surface area contributed by atoms with Gasteiger partial charge >= 0.3 is 0 Å². The summed E-state index contributed by atoms with van der Waals surface area (Å²) in [6.45, 7) is 7.29. The Labute approximate surface area is 128 Å². The largest absolute Gasteiger partial charge is 0.306 e. The zero-order chi connectivity index (χ0) is 15.4. The fourth-order valence-corrected chi connectivity index (χ4v) is 3.18. The first-order valence-electron chi connectivity index (χ1n) is 7.96. The van der Waals surface area contributed by atoms with E-state index in [1.165, 1.54) is 37.1 Å². The first-order valence-corrected chi connectivity index (χ1v) is 7.96. The highest BCUT2D eigenvalue weighted by atomic mass is 16.1. The maximum atomic E-state index is 12.4. The molecule has 1 aromatic rings. The number of rotatable bonds is 5. The molecule has 1 aliphatic rings. The number of piperidine rings is 1. The van der Waals surface area contributed by atoms with Crippen LogP contribution in [0.1, 0.15) is 40.7 Å². The molecule has 1 fully saturated rings. The molecule has 1 heterocycles. The van der Waals surface area contributed by atoms with Crippen LogP contribution in [0.4, 0.5) is 0 Å². The molecule has 21 heavy (non-hydrogen) atoms. The van der Waals surface area contributed by atoms with Crippen LogP contribution in [0.25, 0.3) is 0 Å². The molecule has 0 unspecified atom stereocenters. The number of aryl methyl sites for hydroxylation is 2. The van der Waals surface area contributed by atoms with E-state index >= 15 is 0 Å². The summed E-state index contributed by atoms with van der Waals surface area (Å²) in [7, 11) is 4.34. The van der Waals surface area contributed by atoms with E-state index in [2.05, 4.69) is 43.8 Å². The van der Waals surface area contributed by atoms with Crippen LogP contribution in [0.2, 0.25) is 0 Å². The van der Waals surface area contributed by atoms with Gasteiger partial charge in [-0.15, -0.1) is 0 Å². The van der Waals surface area contributed by atoms with E-state index < -0.39 is 0 Å². The molecule has 1 saturated heterocycles. The second kappa shape index (κ2) is 7.19. The minimum Gasteiger partial charge on any atom is -0.306 e. The van der Waals surface area contributed by atoms with Crippen molar-refractivity contribution in [1.82, 2.24) is 9.80 Å². The van der Waals surface area contributed by atoms with Crippen molar-refractivity contribution in [2.75, 3.05) is 33.7 Å². The number of Topliss-reactive ketones (excluding diaryl/α,β-unsaturated/α-hetero) is 1. The smallest absolute Gasteiger partial charge is 0.164 e. The number of carbonyl (C=O) groups is 1. The van der Waals surface area contributed by atoms with Crippen LogP contribution in [0, 0.1) is 13.8 Å². The molecule has 1 aromatic carbocycles. The Balaban J connectivity index is 1.85. The van der Waals surface area contributed by atoms with Gasteiger partial charge in [-0.25, -0.2) is 0 Å². The maximum absolute atomic E-state index is 12.4. The zero-order valence-corrected chi connectivity index (χ0v) is 13.9. The maximum Gasteiger partial charge on any atom is 0.164 e. The molecule has 0 atom stereocenters. The number of ketones is 1. The van der Waals surface area contributed by atoms with Crippen LogP contribution in [0.3, 0.4) is 0 Å². The van der Waals surface area contributed by atoms with Crippen molar-refractivity contribution in [2.45, 2.75) is 39.2 Å². The second-order valence-electron chi connectivity index (χ2n) is 6.56. The summed E-state index contributed by atoms with van der Waals surface area (Å²) in [5.41, 5.74) is 3.20. The highest BCUT2D eigenvalue weighted by Gasteiger charge is 2.20. The lowest BCUT2D eigenvalue weighted by Crippen LogP contribution is -2.42. The van der Waals surface area contributed by atoms with Gasteiger partial charge in [0.05, 0.1) is 0 Å². The summed E-state index contributed by atoms with van der Waals surface area (Å²) < 4.78 is 0. The fourth-order valence-electron chi connectivity index (χ4n) is 3.18. The summed E-state index contributed by atoms with van der Waals surface area (Å²) in [5, 5.41) is 0. The van der Waals surface area contributed by atoms with Gasteiger partial charge in [0.1, 0.15) is 0 Å². The fraction of sp³-hybridized carbons (Fsp3) is 0.611. The normalized spacial score (nSPS) is 17.4. The summed E-state index contributed by atoms with van der Waals surface area (Å²) in [6, 6.07) is 6.75. The predicted molar refractivity (Wildman–Crippen MR) is 88.0 cm³/mol. The Kier molecular flexibility index (Phi) is 5.54. The first-order chi connectivity index (χ1) is 9.95. The molecule has 0 amide bonds. The van der Waals surface area contributed by atoms with E-state index in [-0.39, 0.29) is 5.78 Å². The van der Waals surface area contributed by atoms with Crippen molar-refractivity contribution in [3.05, 3.63) is 34.9 Å². The SMILES string of the molecule is Cc1cc(C)cc(C(=O)CCN(C)C2CCN(C)CC2)c1. The molecule has 3 heteroatoms. The quantitative estimate of drug-likeness (QED) is 0.778. The molecule has 1 aliphatic heterocycles. The van der Waals surface area contributed by atoms with Crippen molar-refractivity contribution >= 4 is 5.78 Å². The van der Waals surface area contributed by atoms with Gasteiger partial charge in [0, 0.05) is 24.6 Å². The third-order valence-corrected chi connectivity index (χ3v) is 4.55. The molecule has 3 nitrogen and oxygen atoms in total. The Morgan fingerprint density at radius 3 is 2.33 bits per heavy atom. The molecule has 0 aliphatic carbocycles. The molecule has 0 saturated carbocycles. The van der Waals surface area contributed by atoms with Crippen molar-refractivity contribution in [2.24, 2.45) is 0 Å². The van der Waals surface area contributed by atoms with E-state index in [4.69, 9.17) is 0 Å². The lowest BCUT2D eigenvalue weighted by atomic mass is 10.0. The minimum absolute atomic E-state index is 0.265. The Morgan fingerprint density at radius 2 is 1.76 bits per heavy atom. The van der Waals surface area contributed by atoms with Crippen LogP contribution in [-0.4, -0.2) is 55.4 Å². The van der Waals surface area contributed by atoms with Gasteiger partial charge in [0.25, 0.3) is 0 Å². The van der Waals surface area contributed by atoms with Crippen molar-refractivity contribution in [3.63, 3.8) is 0 Å². The Hall–Kier alpha value is -1.19. The highest BCUT2D eigenvalue weighted by molar-refractivity contribution is 5.96. The molecular formula is C18H28N2O. The molecule has 2 rings (SSSR count). The number of hydrogen-bond acceptors (Lipinski definition) is 3. The van der Waals surface area contributed by atoms with Gasteiger partial charge in [-0.3, -0.25) is 4.79 Å². The molecular weight excluding hydrogens is 260 g/mol. The molecule has 0 radical (unpaired) electrons. The van der Waals surface area contributed by atoms with Gasteiger partial charge in [0.2, 0.25) is 0 Å². The Bertz CT molecular complexity index is 470. The summed E-state index contributed by atoms with van der Waals surface area (Å²) in [6.07, 6.45) is 3.04. The molecule has 116 valence electrons. The summed E-state index contributed by atoms with van der Waals surface area (Å²) in [5.74, 6) is 0.265. The number of nitrogens with zero attached hydrogens (tertiary/aromatic N) is 2. The third-order valence-electron chi connectivity index (χ3n) is 4.55. The van der Waals surface area contributed by atoms with Crippen molar-refractivity contribution in [1.29, 1.82) is 0 Å². The lowest BCUT2D eigenvalue weighted by Gasteiger charge is -2.35. The number of likely N-dealkylation sites (tertiary alicyclic amines) is 1. The zero-order valence-electron chi connectivity index (χ0n) is 13.9. The number of hydrogen-bond donors (Lipinski definition) is 0. The number of benzene rings is 1. The monoisotopic (exact) mass is 288 g/mol. The first kappa shape index (κ1) is 16.2. The highest BCUT2D eigenvalue weighted by Crippen LogP contribution is 2.16. The van der Waals surface area contributed by atoms with Gasteiger partial charge in [-0.1, -0.05) is 17.2 Å². The van der Waals surface area contributed by atoms with Gasteiger partial charge in [0.15, 0.2) is 5.78 Å².